The first-order valence-electron chi connectivity index (χ1n) is 8.47. The zero-order chi connectivity index (χ0) is 16.5. The summed E-state index contributed by atoms with van der Waals surface area (Å²) in [5.74, 6) is 0.296. The summed E-state index contributed by atoms with van der Waals surface area (Å²) in [5, 5.41) is 15.0. The predicted molar refractivity (Wildman–Crippen MR) is 85.7 cm³/mol. The van der Waals surface area contributed by atoms with Crippen molar-refractivity contribution in [2.24, 2.45) is 11.3 Å². The van der Waals surface area contributed by atoms with Gasteiger partial charge in [-0.05, 0) is 31.7 Å². The number of aromatic nitrogens is 2. The van der Waals surface area contributed by atoms with Crippen molar-refractivity contribution in [3.8, 4) is 0 Å². The van der Waals surface area contributed by atoms with Crippen molar-refractivity contribution in [1.29, 1.82) is 0 Å². The van der Waals surface area contributed by atoms with Crippen LogP contribution in [0.15, 0.2) is 18.5 Å². The standard InChI is InChI=1S/C17H27N3O3/c1-14-12-19(10-6-17(14,22)7-11-23-2)15(21)16(4-5-16)13-20-9-3-8-18-20/h3,8-9,14,22H,4-7,10-13H2,1-2H3/t14-,17-/m0/s1. The Balaban J connectivity index is 1.61. The van der Waals surface area contributed by atoms with Gasteiger partial charge in [0, 0.05) is 45.1 Å². The third-order valence-corrected chi connectivity index (χ3v) is 5.58. The Hall–Kier alpha value is -1.40. The number of piperidine rings is 1. The van der Waals surface area contributed by atoms with Crippen LogP contribution in [-0.4, -0.2) is 58.1 Å². The van der Waals surface area contributed by atoms with Crippen LogP contribution in [0.1, 0.15) is 32.6 Å². The minimum absolute atomic E-state index is 0.0656. The highest BCUT2D eigenvalue weighted by Crippen LogP contribution is 2.49. The summed E-state index contributed by atoms with van der Waals surface area (Å²) in [6.07, 6.45) is 6.79. The van der Waals surface area contributed by atoms with Gasteiger partial charge in [0.05, 0.1) is 17.6 Å². The SMILES string of the molecule is COCC[C@@]1(O)CCN(C(=O)C2(Cn3cccn3)CC2)C[C@@H]1C. The number of methoxy groups -OCH3 is 1. The van der Waals surface area contributed by atoms with Gasteiger partial charge in [-0.25, -0.2) is 0 Å². The van der Waals surface area contributed by atoms with Crippen molar-refractivity contribution in [1.82, 2.24) is 14.7 Å². The molecule has 1 saturated heterocycles. The van der Waals surface area contributed by atoms with Crippen LogP contribution in [-0.2, 0) is 16.1 Å². The molecule has 6 nitrogen and oxygen atoms in total. The molecule has 1 aromatic rings. The number of hydrogen-bond donors (Lipinski definition) is 1. The van der Waals surface area contributed by atoms with Gasteiger partial charge in [0.15, 0.2) is 0 Å². The van der Waals surface area contributed by atoms with Gasteiger partial charge >= 0.3 is 0 Å². The molecule has 0 spiro atoms. The molecule has 1 amide bonds. The Morgan fingerprint density at radius 2 is 2.22 bits per heavy atom. The van der Waals surface area contributed by atoms with E-state index >= 15 is 0 Å². The highest BCUT2D eigenvalue weighted by atomic mass is 16.5. The summed E-state index contributed by atoms with van der Waals surface area (Å²) in [4.78, 5) is 14.9. The van der Waals surface area contributed by atoms with E-state index in [0.717, 1.165) is 12.8 Å². The van der Waals surface area contributed by atoms with Crippen molar-refractivity contribution in [3.05, 3.63) is 18.5 Å². The van der Waals surface area contributed by atoms with Crippen LogP contribution in [0, 0.1) is 11.3 Å². The normalized spacial score (nSPS) is 29.5. The van der Waals surface area contributed by atoms with Crippen LogP contribution in [0.25, 0.3) is 0 Å². The van der Waals surface area contributed by atoms with Crippen molar-refractivity contribution in [2.75, 3.05) is 26.8 Å². The van der Waals surface area contributed by atoms with Crippen LogP contribution >= 0.6 is 0 Å². The third kappa shape index (κ3) is 3.28. The topological polar surface area (TPSA) is 67.6 Å². The number of carbonyl (C=O) groups excluding carboxylic acids is 1. The zero-order valence-corrected chi connectivity index (χ0v) is 14.1. The van der Waals surface area contributed by atoms with E-state index in [1.165, 1.54) is 0 Å². The minimum atomic E-state index is -0.717. The average Bonchev–Trinajstić information content (AvgIpc) is 3.14. The summed E-state index contributed by atoms with van der Waals surface area (Å²) in [6.45, 7) is 4.50. The molecule has 2 aliphatic rings. The molecule has 23 heavy (non-hydrogen) atoms. The van der Waals surface area contributed by atoms with Gasteiger partial charge < -0.3 is 14.7 Å². The number of amides is 1. The molecular formula is C17H27N3O3. The maximum absolute atomic E-state index is 13.0. The fraction of sp³-hybridized carbons (Fsp3) is 0.765. The molecule has 2 atom stereocenters. The van der Waals surface area contributed by atoms with Crippen molar-refractivity contribution < 1.29 is 14.6 Å². The predicted octanol–water partition coefficient (Wildman–Crippen LogP) is 1.30. The second-order valence-corrected chi connectivity index (χ2v) is 7.23. The van der Waals surface area contributed by atoms with E-state index in [2.05, 4.69) is 5.10 Å². The van der Waals surface area contributed by atoms with Gasteiger partial charge in [-0.2, -0.15) is 5.10 Å². The number of rotatable bonds is 6. The molecule has 1 N–H and O–H groups in total. The van der Waals surface area contributed by atoms with E-state index in [0.29, 0.717) is 39.1 Å². The molecule has 2 fully saturated rings. The number of hydrogen-bond acceptors (Lipinski definition) is 4. The Labute approximate surface area is 137 Å². The molecule has 0 radical (unpaired) electrons. The minimum Gasteiger partial charge on any atom is -0.389 e. The largest absolute Gasteiger partial charge is 0.389 e. The second kappa shape index (κ2) is 6.24. The third-order valence-electron chi connectivity index (χ3n) is 5.58. The molecule has 0 bridgehead atoms. The van der Waals surface area contributed by atoms with Crippen LogP contribution in [0.3, 0.4) is 0 Å². The first kappa shape index (κ1) is 16.5. The zero-order valence-electron chi connectivity index (χ0n) is 14.1. The monoisotopic (exact) mass is 321 g/mol. The lowest BCUT2D eigenvalue weighted by Gasteiger charge is -2.44. The lowest BCUT2D eigenvalue weighted by Crippen LogP contribution is -2.54. The molecule has 0 unspecified atom stereocenters. The molecule has 2 heterocycles. The molecule has 1 aromatic heterocycles. The number of ether oxygens (including phenoxy) is 1. The van der Waals surface area contributed by atoms with Gasteiger partial charge in [-0.1, -0.05) is 6.92 Å². The fourth-order valence-corrected chi connectivity index (χ4v) is 3.63. The molecule has 128 valence electrons. The number of aliphatic hydroxyl groups is 1. The summed E-state index contributed by atoms with van der Waals surface area (Å²) >= 11 is 0. The lowest BCUT2D eigenvalue weighted by atomic mass is 9.79. The second-order valence-electron chi connectivity index (χ2n) is 7.23. The van der Waals surface area contributed by atoms with E-state index in [9.17, 15) is 9.90 Å². The highest BCUT2D eigenvalue weighted by molar-refractivity contribution is 5.85. The quantitative estimate of drug-likeness (QED) is 0.857. The molecular weight excluding hydrogens is 294 g/mol. The van der Waals surface area contributed by atoms with Gasteiger partial charge in [0.25, 0.3) is 0 Å². The van der Waals surface area contributed by atoms with Crippen LogP contribution in [0.5, 0.6) is 0 Å². The van der Waals surface area contributed by atoms with E-state index in [-0.39, 0.29) is 17.2 Å². The number of carbonyl (C=O) groups is 1. The molecule has 6 heteroatoms. The summed E-state index contributed by atoms with van der Waals surface area (Å²) in [7, 11) is 1.65. The highest BCUT2D eigenvalue weighted by Gasteiger charge is 2.53. The average molecular weight is 321 g/mol. The molecule has 1 aliphatic heterocycles. The summed E-state index contributed by atoms with van der Waals surface area (Å²) in [6, 6.07) is 1.89. The lowest BCUT2D eigenvalue weighted by molar-refractivity contribution is -0.146. The maximum atomic E-state index is 13.0. The van der Waals surface area contributed by atoms with Crippen molar-refractivity contribution in [2.45, 2.75) is 44.8 Å². The van der Waals surface area contributed by atoms with Crippen molar-refractivity contribution in [3.63, 3.8) is 0 Å². The van der Waals surface area contributed by atoms with Gasteiger partial charge in [0.1, 0.15) is 0 Å². The number of nitrogens with zero attached hydrogens (tertiary/aromatic N) is 3. The first-order chi connectivity index (χ1) is 11.0. The smallest absolute Gasteiger partial charge is 0.230 e. The van der Waals surface area contributed by atoms with Gasteiger partial charge in [-0.3, -0.25) is 9.48 Å². The first-order valence-corrected chi connectivity index (χ1v) is 8.47. The van der Waals surface area contributed by atoms with E-state index < -0.39 is 5.60 Å². The number of likely N-dealkylation sites (tertiary alicyclic amines) is 1. The summed E-state index contributed by atoms with van der Waals surface area (Å²) in [5.41, 5.74) is -0.987. The molecule has 0 aromatic carbocycles. The Morgan fingerprint density at radius 1 is 1.43 bits per heavy atom. The van der Waals surface area contributed by atoms with Crippen LogP contribution in [0.4, 0.5) is 0 Å². The van der Waals surface area contributed by atoms with E-state index in [1.54, 1.807) is 13.3 Å². The van der Waals surface area contributed by atoms with Crippen LogP contribution < -0.4 is 0 Å². The van der Waals surface area contributed by atoms with Crippen molar-refractivity contribution >= 4 is 5.91 Å². The summed E-state index contributed by atoms with van der Waals surface area (Å²) < 4.78 is 6.96. The molecule has 3 rings (SSSR count). The van der Waals surface area contributed by atoms with Gasteiger partial charge in [-0.15, -0.1) is 0 Å². The molecule has 1 saturated carbocycles. The Kier molecular flexibility index (Phi) is 4.47. The fourth-order valence-electron chi connectivity index (χ4n) is 3.63. The Morgan fingerprint density at radius 3 is 2.78 bits per heavy atom. The van der Waals surface area contributed by atoms with E-state index in [4.69, 9.17) is 4.74 Å². The maximum Gasteiger partial charge on any atom is 0.230 e. The van der Waals surface area contributed by atoms with Gasteiger partial charge in [0.2, 0.25) is 5.91 Å². The molecule has 1 aliphatic carbocycles. The van der Waals surface area contributed by atoms with Crippen LogP contribution in [0.2, 0.25) is 0 Å². The Bertz CT molecular complexity index is 541. The van der Waals surface area contributed by atoms with E-state index in [1.807, 2.05) is 28.8 Å².